The first kappa shape index (κ1) is 17.2. The Morgan fingerprint density at radius 3 is 2.58 bits per heavy atom. The van der Waals surface area contributed by atoms with Gasteiger partial charge in [-0.25, -0.2) is 18.4 Å². The maximum Gasteiger partial charge on any atom is 0.233 e. The fraction of sp³-hybridized carbons (Fsp3) is 0.438. The van der Waals surface area contributed by atoms with Crippen LogP contribution < -0.4 is 0 Å². The molecule has 6 nitrogen and oxygen atoms in total. The maximum atomic E-state index is 12.4. The van der Waals surface area contributed by atoms with E-state index in [1.54, 1.807) is 11.9 Å². The van der Waals surface area contributed by atoms with Gasteiger partial charge < -0.3 is 4.90 Å². The molecule has 0 spiro atoms. The van der Waals surface area contributed by atoms with Crippen LogP contribution in [-0.4, -0.2) is 59.5 Å². The third-order valence-electron chi connectivity index (χ3n) is 4.18. The molecule has 2 heterocycles. The molecule has 1 saturated heterocycles. The van der Waals surface area contributed by atoms with Crippen molar-refractivity contribution in [2.24, 2.45) is 0 Å². The maximum absolute atomic E-state index is 12.4. The Balaban J connectivity index is 1.67. The van der Waals surface area contributed by atoms with Crippen LogP contribution in [0.4, 0.5) is 0 Å². The fourth-order valence-electron chi connectivity index (χ4n) is 2.73. The summed E-state index contributed by atoms with van der Waals surface area (Å²) in [5, 5.41) is 0.731. The van der Waals surface area contributed by atoms with Crippen molar-refractivity contribution in [2.45, 2.75) is 24.4 Å². The molecule has 2 aromatic rings. The molecule has 1 atom stereocenters. The van der Waals surface area contributed by atoms with Gasteiger partial charge >= 0.3 is 0 Å². The summed E-state index contributed by atoms with van der Waals surface area (Å²) in [6.45, 7) is 1.87. The van der Waals surface area contributed by atoms with Crippen molar-refractivity contribution in [2.75, 3.05) is 24.3 Å². The summed E-state index contributed by atoms with van der Waals surface area (Å²) in [6, 6.07) is 7.40. The quantitative estimate of drug-likeness (QED) is 0.767. The zero-order valence-corrected chi connectivity index (χ0v) is 15.2. The van der Waals surface area contributed by atoms with E-state index in [-0.39, 0.29) is 29.2 Å². The molecule has 0 N–H and O–H groups in total. The van der Waals surface area contributed by atoms with Gasteiger partial charge in [0.15, 0.2) is 9.84 Å². The van der Waals surface area contributed by atoms with E-state index in [0.29, 0.717) is 6.42 Å². The second-order valence-corrected chi connectivity index (χ2v) is 9.15. The predicted molar refractivity (Wildman–Crippen MR) is 94.8 cm³/mol. The minimum atomic E-state index is -3.00. The van der Waals surface area contributed by atoms with Gasteiger partial charge in [0, 0.05) is 13.1 Å². The Bertz CT molecular complexity index is 883. The van der Waals surface area contributed by atoms with Crippen LogP contribution >= 0.6 is 11.8 Å². The molecule has 24 heavy (non-hydrogen) atoms. The van der Waals surface area contributed by atoms with Gasteiger partial charge in [-0.05, 0) is 25.5 Å². The third kappa shape index (κ3) is 3.70. The minimum Gasteiger partial charge on any atom is -0.341 e. The first-order valence-corrected chi connectivity index (χ1v) is 10.5. The zero-order chi connectivity index (χ0) is 17.3. The topological polar surface area (TPSA) is 80.2 Å². The van der Waals surface area contributed by atoms with Crippen molar-refractivity contribution in [3.05, 3.63) is 30.0 Å². The van der Waals surface area contributed by atoms with Crippen molar-refractivity contribution in [1.29, 1.82) is 0 Å². The first-order chi connectivity index (χ1) is 11.4. The van der Waals surface area contributed by atoms with E-state index in [1.807, 2.05) is 31.2 Å². The van der Waals surface area contributed by atoms with Gasteiger partial charge in [0.05, 0.1) is 34.0 Å². The van der Waals surface area contributed by atoms with Crippen molar-refractivity contribution in [1.82, 2.24) is 14.9 Å². The number of fused-ring (bicyclic) bond motifs is 1. The van der Waals surface area contributed by atoms with Crippen LogP contribution in [0.1, 0.15) is 12.1 Å². The number of carbonyl (C=O) groups is 1. The number of thioether (sulfide) groups is 1. The first-order valence-electron chi connectivity index (χ1n) is 7.68. The highest BCUT2D eigenvalue weighted by molar-refractivity contribution is 7.99. The molecule has 0 bridgehead atoms. The summed E-state index contributed by atoms with van der Waals surface area (Å²) in [7, 11) is -1.32. The molecule has 0 unspecified atom stereocenters. The lowest BCUT2D eigenvalue weighted by molar-refractivity contribution is -0.128. The predicted octanol–water partition coefficient (Wildman–Crippen LogP) is 1.68. The van der Waals surface area contributed by atoms with E-state index < -0.39 is 9.84 Å². The molecular formula is C16H19N3O3S2. The highest BCUT2D eigenvalue weighted by Crippen LogP contribution is 2.23. The molecule has 0 aliphatic carbocycles. The molecule has 1 fully saturated rings. The average Bonchev–Trinajstić information content (AvgIpc) is 2.91. The molecule has 3 rings (SSSR count). The molecule has 1 amide bonds. The summed E-state index contributed by atoms with van der Waals surface area (Å²) < 4.78 is 23.1. The summed E-state index contributed by atoms with van der Waals surface area (Å²) in [5.41, 5.74) is 2.42. The van der Waals surface area contributed by atoms with Crippen LogP contribution in [0.2, 0.25) is 0 Å². The van der Waals surface area contributed by atoms with Crippen molar-refractivity contribution in [3.8, 4) is 0 Å². The van der Waals surface area contributed by atoms with Crippen LogP contribution in [0, 0.1) is 6.92 Å². The number of nitrogens with zero attached hydrogens (tertiary/aromatic N) is 3. The minimum absolute atomic E-state index is 0.0642. The summed E-state index contributed by atoms with van der Waals surface area (Å²) in [5.74, 6) is 0.365. The normalized spacial score (nSPS) is 19.5. The lowest BCUT2D eigenvalue weighted by Crippen LogP contribution is -2.38. The molecular weight excluding hydrogens is 346 g/mol. The zero-order valence-electron chi connectivity index (χ0n) is 13.6. The largest absolute Gasteiger partial charge is 0.341 e. The number of benzene rings is 1. The molecule has 1 aromatic heterocycles. The SMILES string of the molecule is Cc1nc2ccccc2nc1SCC(=O)N(C)[C@H]1CCS(=O)(=O)C1. The Kier molecular flexibility index (Phi) is 4.78. The fourth-order valence-corrected chi connectivity index (χ4v) is 5.38. The number of rotatable bonds is 4. The number of para-hydroxylation sites is 2. The second-order valence-electron chi connectivity index (χ2n) is 5.95. The second kappa shape index (κ2) is 6.68. The lowest BCUT2D eigenvalue weighted by Gasteiger charge is -2.23. The summed E-state index contributed by atoms with van der Waals surface area (Å²) >= 11 is 1.34. The molecule has 1 aliphatic rings. The van der Waals surface area contributed by atoms with Gasteiger partial charge in [0.25, 0.3) is 0 Å². The molecule has 0 radical (unpaired) electrons. The van der Waals surface area contributed by atoms with Crippen molar-refractivity contribution in [3.63, 3.8) is 0 Å². The molecule has 8 heteroatoms. The van der Waals surface area contributed by atoms with Gasteiger partial charge in [-0.1, -0.05) is 23.9 Å². The molecule has 128 valence electrons. The number of hydrogen-bond acceptors (Lipinski definition) is 6. The number of aromatic nitrogens is 2. The Hall–Kier alpha value is -1.67. The van der Waals surface area contributed by atoms with Crippen molar-refractivity contribution >= 4 is 38.5 Å². The van der Waals surface area contributed by atoms with Gasteiger partial charge in [-0.3, -0.25) is 4.79 Å². The van der Waals surface area contributed by atoms with Crippen LogP contribution in [-0.2, 0) is 14.6 Å². The number of hydrogen-bond donors (Lipinski definition) is 0. The van der Waals surface area contributed by atoms with E-state index in [4.69, 9.17) is 0 Å². The lowest BCUT2D eigenvalue weighted by atomic mass is 10.2. The number of carbonyl (C=O) groups excluding carboxylic acids is 1. The van der Waals surface area contributed by atoms with Gasteiger partial charge in [-0.2, -0.15) is 0 Å². The Morgan fingerprint density at radius 1 is 1.29 bits per heavy atom. The smallest absolute Gasteiger partial charge is 0.233 e. The Labute approximate surface area is 145 Å². The van der Waals surface area contributed by atoms with Gasteiger partial charge in [-0.15, -0.1) is 0 Å². The molecule has 0 saturated carbocycles. The molecule has 1 aliphatic heterocycles. The summed E-state index contributed by atoms with van der Waals surface area (Å²) in [6.07, 6.45) is 0.518. The Morgan fingerprint density at radius 2 is 1.96 bits per heavy atom. The van der Waals surface area contributed by atoms with E-state index in [9.17, 15) is 13.2 Å². The van der Waals surface area contributed by atoms with Gasteiger partial charge in [0.1, 0.15) is 5.03 Å². The highest BCUT2D eigenvalue weighted by Gasteiger charge is 2.32. The average molecular weight is 365 g/mol. The number of amides is 1. The monoisotopic (exact) mass is 365 g/mol. The number of sulfone groups is 1. The number of aryl methyl sites for hydroxylation is 1. The van der Waals surface area contributed by atoms with E-state index in [2.05, 4.69) is 9.97 Å². The highest BCUT2D eigenvalue weighted by atomic mass is 32.2. The standard InChI is InChI=1S/C16H19N3O3S2/c1-11-16(18-14-6-4-3-5-13(14)17-11)23-9-15(20)19(2)12-7-8-24(21,22)10-12/h3-6,12H,7-10H2,1-2H3/t12-/m0/s1. The van der Waals surface area contributed by atoms with E-state index in [0.717, 1.165) is 21.8 Å². The van der Waals surface area contributed by atoms with E-state index in [1.165, 1.54) is 11.8 Å². The van der Waals surface area contributed by atoms with Gasteiger partial charge in [0.2, 0.25) is 5.91 Å². The van der Waals surface area contributed by atoms with Crippen LogP contribution in [0.15, 0.2) is 29.3 Å². The van der Waals surface area contributed by atoms with Crippen LogP contribution in [0.25, 0.3) is 11.0 Å². The van der Waals surface area contributed by atoms with Crippen molar-refractivity contribution < 1.29 is 13.2 Å². The third-order valence-corrected chi connectivity index (χ3v) is 6.99. The molecule has 1 aromatic carbocycles. The van der Waals surface area contributed by atoms with Crippen LogP contribution in [0.3, 0.4) is 0 Å². The summed E-state index contributed by atoms with van der Waals surface area (Å²) in [4.78, 5) is 23.0. The van der Waals surface area contributed by atoms with Crippen LogP contribution in [0.5, 0.6) is 0 Å². The van der Waals surface area contributed by atoms with E-state index >= 15 is 0 Å².